The van der Waals surface area contributed by atoms with Crippen molar-refractivity contribution in [2.75, 3.05) is 0 Å². The summed E-state index contributed by atoms with van der Waals surface area (Å²) in [7, 11) is 0. The molecule has 2 rings (SSSR count). The molecule has 0 unspecified atom stereocenters. The Morgan fingerprint density at radius 2 is 2.21 bits per heavy atom. The zero-order valence-corrected chi connectivity index (χ0v) is 8.84. The molecule has 1 aliphatic rings. The topological polar surface area (TPSA) is 29.4 Å². The minimum atomic E-state index is -0.647. The van der Waals surface area contributed by atoms with Gasteiger partial charge in [0.2, 0.25) is 6.08 Å². The van der Waals surface area contributed by atoms with Crippen molar-refractivity contribution in [2.45, 2.75) is 18.4 Å². The van der Waals surface area contributed by atoms with Crippen molar-refractivity contribution in [2.24, 2.45) is 4.99 Å². The Balaban J connectivity index is 2.56. The predicted octanol–water partition coefficient (Wildman–Crippen LogP) is 2.91. The molecule has 1 aliphatic carbocycles. The highest BCUT2D eigenvalue weighted by Gasteiger charge is 2.47. The molecule has 0 heterocycles. The SMILES string of the molecule is O=C=NC1(c2c(F)cccc2Br)CC1. The van der Waals surface area contributed by atoms with Crippen LogP contribution in [0.25, 0.3) is 0 Å². The van der Waals surface area contributed by atoms with Crippen LogP contribution in [-0.2, 0) is 10.3 Å². The predicted molar refractivity (Wildman–Crippen MR) is 53.1 cm³/mol. The van der Waals surface area contributed by atoms with E-state index in [0.29, 0.717) is 22.9 Å². The molecule has 0 aliphatic heterocycles. The molecule has 0 amide bonds. The average molecular weight is 256 g/mol. The summed E-state index contributed by atoms with van der Waals surface area (Å²) < 4.78 is 14.2. The van der Waals surface area contributed by atoms with E-state index in [1.54, 1.807) is 12.1 Å². The van der Waals surface area contributed by atoms with E-state index in [2.05, 4.69) is 20.9 Å². The fourth-order valence-corrected chi connectivity index (χ4v) is 2.28. The van der Waals surface area contributed by atoms with Crippen molar-refractivity contribution in [3.05, 3.63) is 34.1 Å². The maximum atomic E-state index is 13.5. The second-order valence-electron chi connectivity index (χ2n) is 3.33. The molecule has 0 radical (unpaired) electrons. The lowest BCUT2D eigenvalue weighted by atomic mass is 10.1. The summed E-state index contributed by atoms with van der Waals surface area (Å²) in [5.74, 6) is -0.323. The van der Waals surface area contributed by atoms with Crippen LogP contribution in [-0.4, -0.2) is 6.08 Å². The molecule has 72 valence electrons. The Bertz CT molecular complexity index is 402. The molecule has 0 spiro atoms. The first-order valence-corrected chi connectivity index (χ1v) is 5.02. The molecule has 2 nitrogen and oxygen atoms in total. The smallest absolute Gasteiger partial charge is 0.211 e. The highest BCUT2D eigenvalue weighted by molar-refractivity contribution is 9.10. The Labute approximate surface area is 89.0 Å². The number of carbonyl (C=O) groups excluding carboxylic acids is 1. The third-order valence-electron chi connectivity index (χ3n) is 2.41. The Morgan fingerprint density at radius 1 is 1.50 bits per heavy atom. The van der Waals surface area contributed by atoms with Crippen LogP contribution < -0.4 is 0 Å². The van der Waals surface area contributed by atoms with Gasteiger partial charge in [0.15, 0.2) is 0 Å². The van der Waals surface area contributed by atoms with Gasteiger partial charge in [0.25, 0.3) is 0 Å². The monoisotopic (exact) mass is 255 g/mol. The molecule has 1 saturated carbocycles. The maximum absolute atomic E-state index is 13.5. The van der Waals surface area contributed by atoms with Crippen molar-refractivity contribution < 1.29 is 9.18 Å². The van der Waals surface area contributed by atoms with Gasteiger partial charge in [-0.05, 0) is 25.0 Å². The van der Waals surface area contributed by atoms with Gasteiger partial charge in [-0.25, -0.2) is 9.18 Å². The van der Waals surface area contributed by atoms with Crippen LogP contribution in [0.5, 0.6) is 0 Å². The molecule has 0 N–H and O–H groups in total. The number of hydrogen-bond acceptors (Lipinski definition) is 2. The minimum Gasteiger partial charge on any atom is -0.211 e. The summed E-state index contributed by atoms with van der Waals surface area (Å²) in [6.45, 7) is 0. The van der Waals surface area contributed by atoms with Gasteiger partial charge >= 0.3 is 0 Å². The van der Waals surface area contributed by atoms with Gasteiger partial charge in [-0.2, -0.15) is 4.99 Å². The van der Waals surface area contributed by atoms with E-state index < -0.39 is 5.54 Å². The van der Waals surface area contributed by atoms with E-state index in [-0.39, 0.29) is 5.82 Å². The van der Waals surface area contributed by atoms with Crippen LogP contribution >= 0.6 is 15.9 Å². The molecule has 0 atom stereocenters. The zero-order chi connectivity index (χ0) is 10.2. The maximum Gasteiger partial charge on any atom is 0.235 e. The van der Waals surface area contributed by atoms with E-state index in [1.165, 1.54) is 12.1 Å². The second-order valence-corrected chi connectivity index (χ2v) is 4.19. The van der Waals surface area contributed by atoms with Gasteiger partial charge in [0.05, 0.1) is 0 Å². The molecule has 1 fully saturated rings. The molecule has 0 aromatic heterocycles. The van der Waals surface area contributed by atoms with Crippen LogP contribution in [0, 0.1) is 5.82 Å². The van der Waals surface area contributed by atoms with Gasteiger partial charge in [0, 0.05) is 10.0 Å². The Morgan fingerprint density at radius 3 is 2.71 bits per heavy atom. The summed E-state index contributed by atoms with van der Waals surface area (Å²) in [5.41, 5.74) is -0.172. The molecule has 14 heavy (non-hydrogen) atoms. The quantitative estimate of drug-likeness (QED) is 0.590. The largest absolute Gasteiger partial charge is 0.235 e. The third kappa shape index (κ3) is 1.41. The van der Waals surface area contributed by atoms with Crippen molar-refractivity contribution in [1.29, 1.82) is 0 Å². The van der Waals surface area contributed by atoms with Crippen molar-refractivity contribution in [3.8, 4) is 0 Å². The highest BCUT2D eigenvalue weighted by Crippen LogP contribution is 2.52. The normalized spacial score (nSPS) is 17.3. The zero-order valence-electron chi connectivity index (χ0n) is 7.26. The van der Waals surface area contributed by atoms with Crippen molar-refractivity contribution in [3.63, 3.8) is 0 Å². The van der Waals surface area contributed by atoms with Crippen LogP contribution in [0.1, 0.15) is 18.4 Å². The van der Waals surface area contributed by atoms with Gasteiger partial charge in [0.1, 0.15) is 11.4 Å². The second kappa shape index (κ2) is 3.30. The van der Waals surface area contributed by atoms with E-state index >= 15 is 0 Å². The number of hydrogen-bond donors (Lipinski definition) is 0. The molecule has 1 aromatic carbocycles. The summed E-state index contributed by atoms with van der Waals surface area (Å²) in [6, 6.07) is 4.74. The van der Waals surface area contributed by atoms with Crippen LogP contribution in [0.4, 0.5) is 4.39 Å². The third-order valence-corrected chi connectivity index (χ3v) is 3.07. The van der Waals surface area contributed by atoms with E-state index in [4.69, 9.17) is 0 Å². The van der Waals surface area contributed by atoms with Crippen LogP contribution in [0.3, 0.4) is 0 Å². The van der Waals surface area contributed by atoms with Crippen LogP contribution in [0.2, 0.25) is 0 Å². The first kappa shape index (κ1) is 9.56. The first-order chi connectivity index (χ1) is 6.69. The Kier molecular flexibility index (Phi) is 2.25. The number of nitrogens with zero attached hydrogens (tertiary/aromatic N) is 1. The van der Waals surface area contributed by atoms with Gasteiger partial charge in [-0.15, -0.1) is 0 Å². The van der Waals surface area contributed by atoms with E-state index in [9.17, 15) is 9.18 Å². The summed E-state index contributed by atoms with van der Waals surface area (Å²) >= 11 is 3.26. The molecule has 0 bridgehead atoms. The minimum absolute atomic E-state index is 0.323. The van der Waals surface area contributed by atoms with E-state index in [1.807, 2.05) is 0 Å². The standard InChI is InChI=1S/C10H7BrFNO/c11-7-2-1-3-8(12)9(7)10(4-5-10)13-6-14/h1-3H,4-5H2. The number of isocyanates is 1. The average Bonchev–Trinajstić information content (AvgIpc) is 2.86. The number of halogens is 2. The van der Waals surface area contributed by atoms with Gasteiger partial charge in [-0.1, -0.05) is 22.0 Å². The fraction of sp³-hybridized carbons (Fsp3) is 0.300. The van der Waals surface area contributed by atoms with E-state index in [0.717, 1.165) is 0 Å². The van der Waals surface area contributed by atoms with Gasteiger partial charge in [-0.3, -0.25) is 0 Å². The lowest BCUT2D eigenvalue weighted by Gasteiger charge is -2.11. The summed E-state index contributed by atoms with van der Waals surface area (Å²) in [4.78, 5) is 13.9. The molecule has 4 heteroatoms. The molecular weight excluding hydrogens is 249 g/mol. The highest BCUT2D eigenvalue weighted by atomic mass is 79.9. The molecular formula is C10H7BrFNO. The lowest BCUT2D eigenvalue weighted by molar-refractivity contribution is 0.547. The number of rotatable bonds is 2. The first-order valence-electron chi connectivity index (χ1n) is 4.23. The van der Waals surface area contributed by atoms with Gasteiger partial charge < -0.3 is 0 Å². The lowest BCUT2D eigenvalue weighted by Crippen LogP contribution is -2.06. The number of benzene rings is 1. The summed E-state index contributed by atoms with van der Waals surface area (Å²) in [6.07, 6.45) is 2.93. The fourth-order valence-electron chi connectivity index (χ4n) is 1.57. The van der Waals surface area contributed by atoms with Crippen LogP contribution in [0.15, 0.2) is 27.7 Å². The number of aliphatic imine (C=N–C) groups is 1. The Hall–Kier alpha value is -0.990. The molecule has 1 aromatic rings. The summed E-state index contributed by atoms with van der Waals surface area (Å²) in [5, 5.41) is 0. The molecule has 0 saturated heterocycles. The van der Waals surface area contributed by atoms with Crippen molar-refractivity contribution in [1.82, 2.24) is 0 Å². The van der Waals surface area contributed by atoms with Crippen molar-refractivity contribution >= 4 is 22.0 Å².